The number of nitrogens with zero attached hydrogens (tertiary/aromatic N) is 3. The summed E-state index contributed by atoms with van der Waals surface area (Å²) in [5.74, 6) is 1.07. The first-order valence-electron chi connectivity index (χ1n) is 9.70. The van der Waals surface area contributed by atoms with Gasteiger partial charge in [-0.1, -0.05) is 17.4 Å². The summed E-state index contributed by atoms with van der Waals surface area (Å²) in [6, 6.07) is 8.11. The molecule has 0 atom stereocenters. The molecule has 1 aliphatic rings. The number of rotatable bonds is 5. The van der Waals surface area contributed by atoms with E-state index in [4.69, 9.17) is 14.2 Å². The largest absolute Gasteiger partial charge is 0.493 e. The average molecular weight is 447 g/mol. The molecule has 8 nitrogen and oxygen atoms in total. The molecule has 1 fully saturated rings. The zero-order valence-electron chi connectivity index (χ0n) is 17.5. The molecular weight excluding hydrogens is 423 g/mol. The smallest absolute Gasteiger partial charge is 0.321 e. The highest BCUT2D eigenvalue weighted by Crippen LogP contribution is 2.40. The fraction of sp³-hybridized carbons (Fsp3) is 0.333. The molecule has 1 N–H and O–H groups in total. The molecule has 2 aromatic carbocycles. The Morgan fingerprint density at radius 3 is 2.32 bits per heavy atom. The molecule has 2 heterocycles. The van der Waals surface area contributed by atoms with Gasteiger partial charge in [-0.25, -0.2) is 14.2 Å². The highest BCUT2D eigenvalue weighted by Gasteiger charge is 2.24. The van der Waals surface area contributed by atoms with Gasteiger partial charge in [0.05, 0.1) is 31.7 Å². The highest BCUT2D eigenvalue weighted by atomic mass is 32.1. The topological polar surface area (TPSA) is 76.2 Å². The van der Waals surface area contributed by atoms with E-state index in [0.717, 1.165) is 9.83 Å². The normalized spacial score (nSPS) is 13.9. The third-order valence-corrected chi connectivity index (χ3v) is 6.19. The number of hydrogen-bond donors (Lipinski definition) is 1. The van der Waals surface area contributed by atoms with E-state index in [1.165, 1.54) is 38.7 Å². The molecule has 1 aliphatic heterocycles. The first kappa shape index (κ1) is 21.0. The van der Waals surface area contributed by atoms with Crippen molar-refractivity contribution in [3.05, 3.63) is 36.1 Å². The summed E-state index contributed by atoms with van der Waals surface area (Å²) >= 11 is 1.46. The Kier molecular flexibility index (Phi) is 5.99. The van der Waals surface area contributed by atoms with Gasteiger partial charge >= 0.3 is 6.03 Å². The summed E-state index contributed by atoms with van der Waals surface area (Å²) in [5, 5.41) is 3.65. The second kappa shape index (κ2) is 8.84. The maximum atomic E-state index is 13.9. The molecule has 0 spiro atoms. The molecule has 164 valence electrons. The lowest BCUT2D eigenvalue weighted by molar-refractivity contribution is 0.208. The Balaban J connectivity index is 1.42. The number of amides is 2. The summed E-state index contributed by atoms with van der Waals surface area (Å²) in [4.78, 5) is 21.0. The van der Waals surface area contributed by atoms with Crippen LogP contribution in [0.15, 0.2) is 30.3 Å². The lowest BCUT2D eigenvalue weighted by Gasteiger charge is -2.34. The van der Waals surface area contributed by atoms with Gasteiger partial charge in [-0.15, -0.1) is 0 Å². The molecule has 1 aromatic heterocycles. The van der Waals surface area contributed by atoms with Crippen molar-refractivity contribution >= 4 is 38.4 Å². The van der Waals surface area contributed by atoms with Gasteiger partial charge in [0.25, 0.3) is 0 Å². The van der Waals surface area contributed by atoms with Gasteiger partial charge in [-0.2, -0.15) is 0 Å². The van der Waals surface area contributed by atoms with Crippen molar-refractivity contribution < 1.29 is 23.4 Å². The molecule has 0 unspecified atom stereocenters. The molecule has 0 bridgehead atoms. The third-order valence-electron chi connectivity index (χ3n) is 5.11. The summed E-state index contributed by atoms with van der Waals surface area (Å²) in [7, 11) is 4.57. The van der Waals surface area contributed by atoms with Gasteiger partial charge in [0, 0.05) is 38.3 Å². The van der Waals surface area contributed by atoms with Crippen LogP contribution in [0.5, 0.6) is 17.2 Å². The number of benzene rings is 2. The number of aromatic nitrogens is 1. The Morgan fingerprint density at radius 1 is 1.06 bits per heavy atom. The number of fused-ring (bicyclic) bond motifs is 1. The predicted octanol–water partition coefficient (Wildman–Crippen LogP) is 3.82. The number of nitrogens with one attached hydrogen (secondary N) is 1. The van der Waals surface area contributed by atoms with Gasteiger partial charge in [-0.3, -0.25) is 0 Å². The molecule has 31 heavy (non-hydrogen) atoms. The lowest BCUT2D eigenvalue weighted by atomic mass is 10.2. The minimum atomic E-state index is -0.316. The van der Waals surface area contributed by atoms with Gasteiger partial charge in [0.1, 0.15) is 11.3 Å². The van der Waals surface area contributed by atoms with Crippen molar-refractivity contribution in [3.8, 4) is 17.2 Å². The number of methoxy groups -OCH3 is 3. The van der Waals surface area contributed by atoms with Crippen molar-refractivity contribution in [1.29, 1.82) is 0 Å². The molecule has 4 rings (SSSR count). The lowest BCUT2D eigenvalue weighted by Crippen LogP contribution is -2.50. The van der Waals surface area contributed by atoms with Crippen LogP contribution in [0.3, 0.4) is 0 Å². The van der Waals surface area contributed by atoms with Crippen LogP contribution in [-0.2, 0) is 0 Å². The second-order valence-electron chi connectivity index (χ2n) is 6.90. The maximum Gasteiger partial charge on any atom is 0.321 e. The third kappa shape index (κ3) is 4.15. The molecule has 0 saturated carbocycles. The summed E-state index contributed by atoms with van der Waals surface area (Å²) in [5.41, 5.74) is 0.939. The first-order chi connectivity index (χ1) is 15.0. The van der Waals surface area contributed by atoms with E-state index in [1.54, 1.807) is 23.1 Å². The van der Waals surface area contributed by atoms with Crippen molar-refractivity contribution in [2.24, 2.45) is 0 Å². The monoisotopic (exact) mass is 446 g/mol. The molecular formula is C21H23FN4O4S. The van der Waals surface area contributed by atoms with Crippen LogP contribution in [-0.4, -0.2) is 63.4 Å². The predicted molar refractivity (Wildman–Crippen MR) is 118 cm³/mol. The Bertz CT molecular complexity index is 1070. The van der Waals surface area contributed by atoms with E-state index in [1.807, 2.05) is 6.07 Å². The standard InChI is InChI=1S/C21H23FN4O4S/c1-28-15-11-13(12-16(29-2)19(15)30-3)23-20(27)25-7-9-26(10-8-25)21-24-18-14(22)5-4-6-17(18)31-21/h4-6,11-12H,7-10H2,1-3H3,(H,23,27). The van der Waals surface area contributed by atoms with Crippen molar-refractivity contribution in [1.82, 2.24) is 9.88 Å². The average Bonchev–Trinajstić information content (AvgIpc) is 3.24. The minimum absolute atomic E-state index is 0.218. The van der Waals surface area contributed by atoms with Crippen LogP contribution in [0, 0.1) is 5.82 Å². The SMILES string of the molecule is COc1cc(NC(=O)N2CCN(c3nc4c(F)cccc4s3)CC2)cc(OC)c1OC. The van der Waals surface area contributed by atoms with E-state index in [2.05, 4.69) is 15.2 Å². The van der Waals surface area contributed by atoms with Crippen LogP contribution >= 0.6 is 11.3 Å². The van der Waals surface area contributed by atoms with E-state index < -0.39 is 0 Å². The van der Waals surface area contributed by atoms with Crippen LogP contribution in [0.2, 0.25) is 0 Å². The quantitative estimate of drug-likeness (QED) is 0.642. The maximum absolute atomic E-state index is 13.9. The fourth-order valence-corrected chi connectivity index (χ4v) is 4.53. The number of hydrogen-bond acceptors (Lipinski definition) is 7. The number of carbonyl (C=O) groups excluding carboxylic acids is 1. The number of ether oxygens (including phenoxy) is 3. The molecule has 10 heteroatoms. The number of para-hydroxylation sites is 1. The Morgan fingerprint density at radius 2 is 1.74 bits per heavy atom. The summed E-state index contributed by atoms with van der Waals surface area (Å²) < 4.78 is 30.7. The van der Waals surface area contributed by atoms with Crippen LogP contribution < -0.4 is 24.4 Å². The van der Waals surface area contributed by atoms with Crippen molar-refractivity contribution in [2.45, 2.75) is 0 Å². The van der Waals surface area contributed by atoms with E-state index in [-0.39, 0.29) is 11.8 Å². The molecule has 0 radical (unpaired) electrons. The van der Waals surface area contributed by atoms with Crippen LogP contribution in [0.1, 0.15) is 0 Å². The van der Waals surface area contributed by atoms with Crippen molar-refractivity contribution in [2.75, 3.05) is 57.7 Å². The highest BCUT2D eigenvalue weighted by molar-refractivity contribution is 7.22. The number of carbonyl (C=O) groups is 1. The number of anilines is 2. The van der Waals surface area contributed by atoms with Gasteiger partial charge in [0.15, 0.2) is 16.6 Å². The summed E-state index contributed by atoms with van der Waals surface area (Å²) in [6.07, 6.45) is 0. The molecule has 2 amide bonds. The van der Waals surface area contributed by atoms with Gasteiger partial charge in [-0.05, 0) is 12.1 Å². The van der Waals surface area contributed by atoms with Gasteiger partial charge < -0.3 is 29.3 Å². The Labute approximate surface area is 183 Å². The number of urea groups is 1. The van der Waals surface area contributed by atoms with Crippen LogP contribution in [0.25, 0.3) is 10.2 Å². The number of piperazine rings is 1. The molecule has 1 saturated heterocycles. The zero-order chi connectivity index (χ0) is 22.0. The van der Waals surface area contributed by atoms with Crippen LogP contribution in [0.4, 0.5) is 20.0 Å². The van der Waals surface area contributed by atoms with Crippen molar-refractivity contribution in [3.63, 3.8) is 0 Å². The Hall–Kier alpha value is -3.27. The van der Waals surface area contributed by atoms with E-state index in [0.29, 0.717) is 54.6 Å². The van der Waals surface area contributed by atoms with E-state index in [9.17, 15) is 9.18 Å². The number of thiazole rings is 1. The second-order valence-corrected chi connectivity index (χ2v) is 7.91. The molecule has 0 aliphatic carbocycles. The first-order valence-corrected chi connectivity index (χ1v) is 10.5. The zero-order valence-corrected chi connectivity index (χ0v) is 18.3. The van der Waals surface area contributed by atoms with Gasteiger partial charge in [0.2, 0.25) is 5.75 Å². The van der Waals surface area contributed by atoms with E-state index >= 15 is 0 Å². The summed E-state index contributed by atoms with van der Waals surface area (Å²) in [6.45, 7) is 2.28. The number of halogens is 1. The fourth-order valence-electron chi connectivity index (χ4n) is 3.50. The minimum Gasteiger partial charge on any atom is -0.493 e. The molecule has 3 aromatic rings.